The molecule has 1 atom stereocenters. The van der Waals surface area contributed by atoms with E-state index in [0.29, 0.717) is 42.7 Å². The van der Waals surface area contributed by atoms with E-state index in [4.69, 9.17) is 4.74 Å². The van der Waals surface area contributed by atoms with E-state index in [1.807, 2.05) is 0 Å². The van der Waals surface area contributed by atoms with Gasteiger partial charge in [-0.1, -0.05) is 24.0 Å². The molecule has 1 unspecified atom stereocenters. The van der Waals surface area contributed by atoms with E-state index >= 15 is 0 Å². The second-order valence-corrected chi connectivity index (χ2v) is 6.68. The molecule has 1 saturated heterocycles. The molecule has 0 spiro atoms. The predicted molar refractivity (Wildman–Crippen MR) is 101 cm³/mol. The molecule has 0 saturated carbocycles. The van der Waals surface area contributed by atoms with E-state index in [1.54, 1.807) is 42.5 Å². The number of nitrogens with one attached hydrogen (secondary N) is 1. The van der Waals surface area contributed by atoms with E-state index in [9.17, 15) is 14.3 Å². The Labute approximate surface area is 158 Å². The van der Waals surface area contributed by atoms with Crippen molar-refractivity contribution in [1.29, 1.82) is 0 Å². The van der Waals surface area contributed by atoms with Crippen molar-refractivity contribution in [3.8, 4) is 11.8 Å². The van der Waals surface area contributed by atoms with E-state index < -0.39 is 5.60 Å². The zero-order valence-electron chi connectivity index (χ0n) is 15.0. The Morgan fingerprint density at radius 2 is 1.89 bits per heavy atom. The maximum Gasteiger partial charge on any atom is 0.251 e. The number of hydrogen-bond donors (Lipinski definition) is 2. The Bertz CT molecular complexity index is 844. The van der Waals surface area contributed by atoms with Crippen molar-refractivity contribution in [3.05, 3.63) is 71.0 Å². The normalized spacial score (nSPS) is 19.5. The van der Waals surface area contributed by atoms with Gasteiger partial charge in [0.1, 0.15) is 5.82 Å². The molecule has 1 aliphatic heterocycles. The molecule has 0 radical (unpaired) electrons. The number of carbonyl (C=O) groups excluding carboxylic acids is 1. The molecular weight excluding hydrogens is 345 g/mol. The minimum Gasteiger partial charge on any atom is -0.388 e. The van der Waals surface area contributed by atoms with Crippen LogP contribution in [0.3, 0.4) is 0 Å². The summed E-state index contributed by atoms with van der Waals surface area (Å²) in [6.07, 6.45) is 1.90. The highest BCUT2D eigenvalue weighted by atomic mass is 19.1. The molecule has 2 N–H and O–H groups in total. The zero-order valence-corrected chi connectivity index (χ0v) is 15.0. The molecule has 1 amide bonds. The molecule has 0 bridgehead atoms. The third-order valence-corrected chi connectivity index (χ3v) is 4.58. The third-order valence-electron chi connectivity index (χ3n) is 4.58. The molecule has 27 heavy (non-hydrogen) atoms. The summed E-state index contributed by atoms with van der Waals surface area (Å²) in [7, 11) is 0. The van der Waals surface area contributed by atoms with Gasteiger partial charge in [0.15, 0.2) is 0 Å². The van der Waals surface area contributed by atoms with Gasteiger partial charge in [0, 0.05) is 37.3 Å². The van der Waals surface area contributed by atoms with Crippen molar-refractivity contribution in [2.75, 3.05) is 19.8 Å². The lowest BCUT2D eigenvalue weighted by Gasteiger charge is -2.26. The number of carbonyl (C=O) groups is 1. The van der Waals surface area contributed by atoms with Crippen LogP contribution in [-0.4, -0.2) is 36.4 Å². The lowest BCUT2D eigenvalue weighted by molar-refractivity contribution is 0.0187. The minimum atomic E-state index is -0.919. The standard InChI is InChI=1S/C22H22FNO3/c23-20-5-2-1-4-18(20)9-6-17-7-10-19(11-8-17)21(25)24-16-22(26)12-3-14-27-15-13-22/h1-2,4-5,7-8,10-11,26H,3,12-16H2,(H,24,25). The zero-order chi connectivity index (χ0) is 19.1. The van der Waals surface area contributed by atoms with Gasteiger partial charge in [0.05, 0.1) is 11.2 Å². The van der Waals surface area contributed by atoms with E-state index in [1.165, 1.54) is 6.07 Å². The van der Waals surface area contributed by atoms with E-state index in [-0.39, 0.29) is 18.3 Å². The van der Waals surface area contributed by atoms with Crippen LogP contribution in [-0.2, 0) is 4.74 Å². The lowest BCUT2D eigenvalue weighted by atomic mass is 9.95. The molecule has 3 rings (SSSR count). The van der Waals surface area contributed by atoms with Gasteiger partial charge in [-0.25, -0.2) is 4.39 Å². The van der Waals surface area contributed by atoms with Crippen LogP contribution in [0, 0.1) is 17.7 Å². The van der Waals surface area contributed by atoms with Crippen LogP contribution in [0.1, 0.15) is 40.7 Å². The second-order valence-electron chi connectivity index (χ2n) is 6.68. The van der Waals surface area contributed by atoms with Crippen LogP contribution in [0.2, 0.25) is 0 Å². The largest absolute Gasteiger partial charge is 0.388 e. The van der Waals surface area contributed by atoms with Gasteiger partial charge in [-0.3, -0.25) is 4.79 Å². The van der Waals surface area contributed by atoms with Gasteiger partial charge in [0.25, 0.3) is 5.91 Å². The summed E-state index contributed by atoms with van der Waals surface area (Å²) in [5, 5.41) is 13.3. The maximum atomic E-state index is 13.6. The smallest absolute Gasteiger partial charge is 0.251 e. The molecule has 140 valence electrons. The molecule has 1 aliphatic rings. The van der Waals surface area contributed by atoms with E-state index in [0.717, 1.165) is 6.42 Å². The number of benzene rings is 2. The lowest BCUT2D eigenvalue weighted by Crippen LogP contribution is -2.43. The highest BCUT2D eigenvalue weighted by molar-refractivity contribution is 5.94. The highest BCUT2D eigenvalue weighted by Crippen LogP contribution is 2.20. The summed E-state index contributed by atoms with van der Waals surface area (Å²) in [6.45, 7) is 1.34. The summed E-state index contributed by atoms with van der Waals surface area (Å²) in [6, 6.07) is 13.1. The fourth-order valence-corrected chi connectivity index (χ4v) is 2.92. The van der Waals surface area contributed by atoms with Crippen molar-refractivity contribution in [3.63, 3.8) is 0 Å². The summed E-state index contributed by atoms with van der Waals surface area (Å²) >= 11 is 0. The first-order chi connectivity index (χ1) is 13.1. The van der Waals surface area contributed by atoms with Crippen LogP contribution in [0.5, 0.6) is 0 Å². The monoisotopic (exact) mass is 367 g/mol. The summed E-state index contributed by atoms with van der Waals surface area (Å²) in [4.78, 5) is 12.3. The summed E-state index contributed by atoms with van der Waals surface area (Å²) in [5.41, 5.74) is 0.589. The molecule has 1 fully saturated rings. The van der Waals surface area contributed by atoms with Gasteiger partial charge in [0.2, 0.25) is 0 Å². The number of hydrogen-bond acceptors (Lipinski definition) is 3. The Morgan fingerprint density at radius 3 is 2.67 bits per heavy atom. The fraction of sp³-hybridized carbons (Fsp3) is 0.318. The van der Waals surface area contributed by atoms with Gasteiger partial charge in [-0.15, -0.1) is 0 Å². The first kappa shape index (κ1) is 19.1. The summed E-state index contributed by atoms with van der Waals surface area (Å²) in [5.74, 6) is 5.07. The van der Waals surface area contributed by atoms with Crippen molar-refractivity contribution < 1.29 is 19.0 Å². The fourth-order valence-electron chi connectivity index (χ4n) is 2.92. The first-order valence-corrected chi connectivity index (χ1v) is 9.01. The Hall–Kier alpha value is -2.68. The highest BCUT2D eigenvalue weighted by Gasteiger charge is 2.28. The molecule has 2 aromatic carbocycles. The predicted octanol–water partition coefficient (Wildman–Crippen LogP) is 2.89. The number of amides is 1. The van der Waals surface area contributed by atoms with Crippen molar-refractivity contribution in [1.82, 2.24) is 5.32 Å². The molecule has 2 aromatic rings. The number of rotatable bonds is 3. The van der Waals surface area contributed by atoms with Crippen LogP contribution in [0.4, 0.5) is 4.39 Å². The third kappa shape index (κ3) is 5.40. The van der Waals surface area contributed by atoms with E-state index in [2.05, 4.69) is 17.2 Å². The van der Waals surface area contributed by atoms with Crippen LogP contribution < -0.4 is 5.32 Å². The second kappa shape index (κ2) is 8.81. The van der Waals surface area contributed by atoms with Crippen molar-refractivity contribution >= 4 is 5.91 Å². The van der Waals surface area contributed by atoms with Gasteiger partial charge in [-0.2, -0.15) is 0 Å². The van der Waals surface area contributed by atoms with Crippen LogP contribution in [0.25, 0.3) is 0 Å². The molecule has 0 aliphatic carbocycles. The van der Waals surface area contributed by atoms with Crippen molar-refractivity contribution in [2.24, 2.45) is 0 Å². The molecule has 4 nitrogen and oxygen atoms in total. The maximum absolute atomic E-state index is 13.6. The Kier molecular flexibility index (Phi) is 6.23. The Balaban J connectivity index is 1.60. The summed E-state index contributed by atoms with van der Waals surface area (Å²) < 4.78 is 18.9. The molecular formula is C22H22FNO3. The average Bonchev–Trinajstić information content (AvgIpc) is 2.91. The van der Waals surface area contributed by atoms with Crippen LogP contribution in [0.15, 0.2) is 48.5 Å². The molecule has 5 heteroatoms. The number of halogens is 1. The minimum absolute atomic E-state index is 0.198. The number of aliphatic hydroxyl groups is 1. The van der Waals surface area contributed by atoms with Gasteiger partial charge < -0.3 is 15.2 Å². The van der Waals surface area contributed by atoms with Crippen LogP contribution >= 0.6 is 0 Å². The van der Waals surface area contributed by atoms with Gasteiger partial charge in [-0.05, 0) is 49.2 Å². The first-order valence-electron chi connectivity index (χ1n) is 9.01. The Morgan fingerprint density at radius 1 is 1.11 bits per heavy atom. The molecule has 0 aromatic heterocycles. The quantitative estimate of drug-likeness (QED) is 0.820. The average molecular weight is 367 g/mol. The SMILES string of the molecule is O=C(NCC1(O)CCCOCC1)c1ccc(C#Cc2ccccc2F)cc1. The number of ether oxygens (including phenoxy) is 1. The van der Waals surface area contributed by atoms with Crippen molar-refractivity contribution in [2.45, 2.75) is 24.9 Å². The van der Waals surface area contributed by atoms with Gasteiger partial charge >= 0.3 is 0 Å². The topological polar surface area (TPSA) is 58.6 Å². The molecule has 1 heterocycles.